The molecule has 0 heterocycles. The van der Waals surface area contributed by atoms with Crippen molar-refractivity contribution in [2.45, 2.75) is 181 Å². The normalized spacial score (nSPS) is 11.4. The van der Waals surface area contributed by atoms with Gasteiger partial charge in [0.25, 0.3) is 0 Å². The third-order valence-electron chi connectivity index (χ3n) is 7.21. The Hall–Kier alpha value is -0.530. The number of ether oxygens (including phenoxy) is 1. The van der Waals surface area contributed by atoms with Crippen molar-refractivity contribution in [1.82, 2.24) is 0 Å². The molecule has 0 rings (SSSR count). The number of unbranched alkanes of at least 4 members (excludes halogenated alkanes) is 18. The van der Waals surface area contributed by atoms with E-state index < -0.39 is 0 Å². The molecule has 0 aromatic carbocycles. The minimum absolute atomic E-state index is 0.0319. The van der Waals surface area contributed by atoms with Crippen LogP contribution in [0.15, 0.2) is 0 Å². The molecule has 0 atom stereocenters. The number of hydrogen-bond acceptors (Lipinski definition) is 2. The van der Waals surface area contributed by atoms with Crippen LogP contribution in [0.1, 0.15) is 181 Å². The largest absolute Gasteiger partial charge is 0.466 e. The van der Waals surface area contributed by atoms with Crippen molar-refractivity contribution >= 4 is 5.97 Å². The van der Waals surface area contributed by atoms with E-state index in [1.54, 1.807) is 0 Å². The van der Waals surface area contributed by atoms with Crippen LogP contribution in [0.3, 0.4) is 0 Å². The maximum absolute atomic E-state index is 12.0. The van der Waals surface area contributed by atoms with Crippen LogP contribution in [0.5, 0.6) is 0 Å². The molecule has 0 aliphatic rings. The van der Waals surface area contributed by atoms with E-state index >= 15 is 0 Å². The Labute approximate surface area is 209 Å². The van der Waals surface area contributed by atoms with Gasteiger partial charge in [-0.15, -0.1) is 0 Å². The van der Waals surface area contributed by atoms with E-state index in [1.807, 2.05) is 0 Å². The summed E-state index contributed by atoms with van der Waals surface area (Å²) >= 11 is 0. The average Bonchev–Trinajstić information content (AvgIpc) is 2.81. The zero-order valence-corrected chi connectivity index (χ0v) is 23.3. The van der Waals surface area contributed by atoms with Crippen LogP contribution in [0.25, 0.3) is 0 Å². The Bertz CT molecular complexity index is 359. The molecule has 0 aliphatic carbocycles. The molecule has 0 aromatic heterocycles. The van der Waals surface area contributed by atoms with Gasteiger partial charge in [-0.3, -0.25) is 4.79 Å². The Kier molecular flexibility index (Phi) is 27.3. The summed E-state index contributed by atoms with van der Waals surface area (Å²) in [7, 11) is 0. The topological polar surface area (TPSA) is 26.3 Å². The quantitative estimate of drug-likeness (QED) is 0.0888. The molecule has 0 N–H and O–H groups in total. The second kappa shape index (κ2) is 27.7. The van der Waals surface area contributed by atoms with Crippen molar-refractivity contribution in [3.8, 4) is 0 Å². The third-order valence-corrected chi connectivity index (χ3v) is 7.21. The van der Waals surface area contributed by atoms with E-state index in [0.29, 0.717) is 13.0 Å². The summed E-state index contributed by atoms with van der Waals surface area (Å²) in [6.45, 7) is 7.45. The lowest BCUT2D eigenvalue weighted by Crippen LogP contribution is -2.10. The molecule has 2 nitrogen and oxygen atoms in total. The minimum Gasteiger partial charge on any atom is -0.466 e. The molecular formula is C31H62O2. The van der Waals surface area contributed by atoms with Gasteiger partial charge >= 0.3 is 5.97 Å². The number of carbonyl (C=O) groups excluding carboxylic acids is 1. The zero-order chi connectivity index (χ0) is 24.2. The Morgan fingerprint density at radius 3 is 1.27 bits per heavy atom. The first-order valence-electron chi connectivity index (χ1n) is 15.4. The van der Waals surface area contributed by atoms with Crippen LogP contribution in [0, 0.1) is 5.92 Å². The summed E-state index contributed by atoms with van der Waals surface area (Å²) in [6, 6.07) is 0. The average molecular weight is 467 g/mol. The number of carbonyl (C=O) groups is 1. The van der Waals surface area contributed by atoms with Gasteiger partial charge in [-0.2, -0.15) is 0 Å². The molecule has 33 heavy (non-hydrogen) atoms. The molecule has 0 bridgehead atoms. The lowest BCUT2D eigenvalue weighted by Gasteiger charge is -2.17. The van der Waals surface area contributed by atoms with Gasteiger partial charge in [-0.1, -0.05) is 162 Å². The van der Waals surface area contributed by atoms with E-state index in [-0.39, 0.29) is 5.97 Å². The second-order valence-corrected chi connectivity index (χ2v) is 10.6. The van der Waals surface area contributed by atoms with Crippen LogP contribution < -0.4 is 0 Å². The van der Waals surface area contributed by atoms with Gasteiger partial charge < -0.3 is 4.74 Å². The van der Waals surface area contributed by atoms with Gasteiger partial charge in [-0.25, -0.2) is 0 Å². The van der Waals surface area contributed by atoms with Crippen LogP contribution in [-0.4, -0.2) is 12.6 Å². The van der Waals surface area contributed by atoms with Crippen molar-refractivity contribution in [3.05, 3.63) is 0 Å². The van der Waals surface area contributed by atoms with Gasteiger partial charge in [0.2, 0.25) is 0 Å². The first-order valence-corrected chi connectivity index (χ1v) is 15.4. The molecule has 0 saturated heterocycles. The van der Waals surface area contributed by atoms with E-state index in [1.165, 1.54) is 141 Å². The third kappa shape index (κ3) is 25.9. The molecule has 0 aliphatic heterocycles. The SMILES string of the molecule is CCCCCCCCCCC(CCCCCCCCCC)CCOC(=O)CCCCCCC. The van der Waals surface area contributed by atoms with Gasteiger partial charge in [0.1, 0.15) is 0 Å². The van der Waals surface area contributed by atoms with Gasteiger partial charge in [-0.05, 0) is 18.8 Å². The summed E-state index contributed by atoms with van der Waals surface area (Å²) < 4.78 is 5.60. The number of rotatable bonds is 27. The predicted molar refractivity (Wildman–Crippen MR) is 147 cm³/mol. The molecular weight excluding hydrogens is 404 g/mol. The minimum atomic E-state index is 0.0319. The maximum atomic E-state index is 12.0. The second-order valence-electron chi connectivity index (χ2n) is 10.6. The van der Waals surface area contributed by atoms with Crippen molar-refractivity contribution in [3.63, 3.8) is 0 Å². The summed E-state index contributed by atoms with van der Waals surface area (Å²) in [6.07, 6.45) is 32.6. The molecule has 0 aromatic rings. The Morgan fingerprint density at radius 1 is 0.485 bits per heavy atom. The fourth-order valence-electron chi connectivity index (χ4n) is 4.85. The monoisotopic (exact) mass is 466 g/mol. The highest BCUT2D eigenvalue weighted by molar-refractivity contribution is 5.69. The number of esters is 1. The van der Waals surface area contributed by atoms with Crippen molar-refractivity contribution < 1.29 is 9.53 Å². The highest BCUT2D eigenvalue weighted by atomic mass is 16.5. The van der Waals surface area contributed by atoms with Crippen molar-refractivity contribution in [1.29, 1.82) is 0 Å². The summed E-state index contributed by atoms with van der Waals surface area (Å²) in [5, 5.41) is 0. The van der Waals surface area contributed by atoms with E-state index in [2.05, 4.69) is 20.8 Å². The summed E-state index contributed by atoms with van der Waals surface area (Å²) in [4.78, 5) is 12.0. The fraction of sp³-hybridized carbons (Fsp3) is 0.968. The van der Waals surface area contributed by atoms with Crippen LogP contribution in [0.4, 0.5) is 0 Å². The molecule has 0 radical (unpaired) electrons. The summed E-state index contributed by atoms with van der Waals surface area (Å²) in [5.74, 6) is 0.784. The molecule has 0 amide bonds. The lowest BCUT2D eigenvalue weighted by molar-refractivity contribution is -0.144. The molecule has 0 spiro atoms. The molecule has 2 heteroatoms. The van der Waals surface area contributed by atoms with E-state index in [4.69, 9.17) is 4.74 Å². The molecule has 0 saturated carbocycles. The smallest absolute Gasteiger partial charge is 0.305 e. The number of hydrogen-bond donors (Lipinski definition) is 0. The fourth-order valence-corrected chi connectivity index (χ4v) is 4.85. The van der Waals surface area contributed by atoms with Gasteiger partial charge in [0, 0.05) is 6.42 Å². The highest BCUT2D eigenvalue weighted by Gasteiger charge is 2.11. The first-order chi connectivity index (χ1) is 16.2. The Morgan fingerprint density at radius 2 is 0.848 bits per heavy atom. The molecule has 0 unspecified atom stereocenters. The molecule has 198 valence electrons. The highest BCUT2D eigenvalue weighted by Crippen LogP contribution is 2.22. The molecule has 0 fully saturated rings. The standard InChI is InChI=1S/C31H62O2/c1-4-7-10-13-15-17-20-22-25-30(26-23-21-18-16-14-11-8-5-2)28-29-33-31(32)27-24-19-12-9-6-3/h30H,4-29H2,1-3H3. The van der Waals surface area contributed by atoms with Crippen LogP contribution >= 0.6 is 0 Å². The van der Waals surface area contributed by atoms with Gasteiger partial charge in [0.15, 0.2) is 0 Å². The van der Waals surface area contributed by atoms with E-state index in [9.17, 15) is 4.79 Å². The van der Waals surface area contributed by atoms with E-state index in [0.717, 1.165) is 18.8 Å². The summed E-state index contributed by atoms with van der Waals surface area (Å²) in [5.41, 5.74) is 0. The Balaban J connectivity index is 3.99. The zero-order valence-electron chi connectivity index (χ0n) is 23.3. The van der Waals surface area contributed by atoms with Crippen LogP contribution in [-0.2, 0) is 9.53 Å². The van der Waals surface area contributed by atoms with Crippen molar-refractivity contribution in [2.75, 3.05) is 6.61 Å². The first kappa shape index (κ1) is 32.5. The lowest BCUT2D eigenvalue weighted by atomic mass is 9.91. The maximum Gasteiger partial charge on any atom is 0.305 e. The van der Waals surface area contributed by atoms with Gasteiger partial charge in [0.05, 0.1) is 6.61 Å². The predicted octanol–water partition coefficient (Wildman–Crippen LogP) is 11.0. The van der Waals surface area contributed by atoms with Crippen LogP contribution in [0.2, 0.25) is 0 Å². The van der Waals surface area contributed by atoms with Crippen molar-refractivity contribution in [2.24, 2.45) is 5.92 Å².